The highest BCUT2D eigenvalue weighted by atomic mass is 35.5. The van der Waals surface area contributed by atoms with Crippen molar-refractivity contribution in [2.75, 3.05) is 30.5 Å². The van der Waals surface area contributed by atoms with Gasteiger partial charge in [-0.15, -0.1) is 34.0 Å². The van der Waals surface area contributed by atoms with E-state index < -0.39 is 67.2 Å². The number of ketones is 3. The third kappa shape index (κ3) is 22.8. The van der Waals surface area contributed by atoms with Gasteiger partial charge in [0.2, 0.25) is 17.3 Å². The first kappa shape index (κ1) is 81.5. The smallest absolute Gasteiger partial charge is 0.333 e. The van der Waals surface area contributed by atoms with E-state index in [9.17, 15) is 60.1 Å². The van der Waals surface area contributed by atoms with E-state index in [1.165, 1.54) is 60.2 Å². The van der Waals surface area contributed by atoms with Crippen LogP contribution in [0.15, 0.2) is 150 Å². The lowest BCUT2D eigenvalue weighted by Gasteiger charge is -2.15. The maximum atomic E-state index is 13.5. The van der Waals surface area contributed by atoms with Gasteiger partial charge < -0.3 is 31.1 Å². The van der Waals surface area contributed by atoms with Gasteiger partial charge in [0.05, 0.1) is 85.6 Å². The largest absolute Gasteiger partial charge is 0.393 e. The van der Waals surface area contributed by atoms with E-state index in [4.69, 9.17) is 38.6 Å². The monoisotopic (exact) mass is 1620 g/mol. The molecule has 3 aromatic carbocycles. The molecule has 6 heterocycles. The Labute approximate surface area is 639 Å². The lowest BCUT2D eigenvalue weighted by molar-refractivity contribution is 0.0998. The number of nitrogens with one attached hydrogen (secondary N) is 2. The van der Waals surface area contributed by atoms with Crippen molar-refractivity contribution in [3.8, 4) is 0 Å². The molecule has 0 aliphatic heterocycles. The first-order chi connectivity index (χ1) is 50.3. The fraction of sp³-hybridized carbons (Fsp3) is 0.357. The van der Waals surface area contributed by atoms with E-state index in [0.29, 0.717) is 104 Å². The molecule has 2 unspecified atom stereocenters. The normalized spacial score (nSPS) is 20.7. The second-order valence-corrected chi connectivity index (χ2v) is 35.2. The number of thiophene rings is 3. The first-order valence-corrected chi connectivity index (χ1v) is 41.6. The Kier molecular flexibility index (Phi) is 28.0. The third-order valence-corrected chi connectivity index (χ3v) is 24.6. The van der Waals surface area contributed by atoms with Crippen LogP contribution in [0.2, 0.25) is 9.36 Å². The van der Waals surface area contributed by atoms with Crippen LogP contribution in [-0.2, 0) is 56.3 Å². The zero-order chi connectivity index (χ0) is 76.2. The summed E-state index contributed by atoms with van der Waals surface area (Å²) in [5.74, 6) is -1.19. The molecule has 12 rings (SSSR count). The van der Waals surface area contributed by atoms with E-state index in [1.807, 2.05) is 111 Å². The van der Waals surface area contributed by atoms with Gasteiger partial charge in [-0.1, -0.05) is 103 Å². The molecule has 0 bridgehead atoms. The number of carbonyl (C=O) groups excluding carboxylic acids is 3. The zero-order valence-electron chi connectivity index (χ0n) is 57.1. The highest BCUT2D eigenvalue weighted by Crippen LogP contribution is 2.41. The molecular formula is C70H77Cl2N11O16S7. The number of halogens is 2. The number of nitrogens with two attached hydrogens (primary N) is 3. The number of aliphatic hydroxyl groups excluding tert-OH is 4. The van der Waals surface area contributed by atoms with E-state index in [1.54, 1.807) is 17.8 Å². The van der Waals surface area contributed by atoms with Crippen molar-refractivity contribution in [3.05, 3.63) is 219 Å². The highest BCUT2D eigenvalue weighted by molar-refractivity contribution is 7.99. The molecule has 0 spiro atoms. The SMILES string of the molecule is Cc1sc(C(=O)c2cncnc2C[C@@H]2C[C@H](COS(N)(=O)=O)[C@@H](O)C2)cc1C(C)c1cccc(Cl)c1.Cc1sc(C(=O)c2cncnc2N[C@@H]2C[C@H](COS(N)(=O)=O)[C@@H](O)C2)cc1Sc1ccccc1.NS(=O)(=O)OC[C@H]1C[C@@H](Nc2ncncc2C(=O)c2cc(C(O)Cc3ccccc3)c(Cl)s2)C[C@@H]1O. The Morgan fingerprint density at radius 1 is 0.575 bits per heavy atom. The van der Waals surface area contributed by atoms with Crippen LogP contribution in [0, 0.1) is 37.5 Å². The maximum absolute atomic E-state index is 13.5. The minimum absolute atomic E-state index is 0.0130. The molecule has 27 nitrogen and oxygen atoms in total. The minimum Gasteiger partial charge on any atom is -0.393 e. The molecule has 3 saturated carbocycles. The van der Waals surface area contributed by atoms with Gasteiger partial charge in [0.25, 0.3) is 0 Å². The van der Waals surface area contributed by atoms with Gasteiger partial charge in [-0.05, 0) is 124 Å². The summed E-state index contributed by atoms with van der Waals surface area (Å²) in [6.45, 7) is 5.46. The lowest BCUT2D eigenvalue weighted by Crippen LogP contribution is -2.24. The minimum atomic E-state index is -4.11. The summed E-state index contributed by atoms with van der Waals surface area (Å²) in [6.07, 6.45) is 8.56. The number of aromatic nitrogens is 6. The Morgan fingerprint density at radius 3 is 1.59 bits per heavy atom. The summed E-state index contributed by atoms with van der Waals surface area (Å²) in [6, 6.07) is 32.0. The van der Waals surface area contributed by atoms with Crippen molar-refractivity contribution in [2.24, 2.45) is 39.1 Å². The summed E-state index contributed by atoms with van der Waals surface area (Å²) in [4.78, 5) is 70.8. The van der Waals surface area contributed by atoms with Crippen LogP contribution >= 0.6 is 69.0 Å². The molecule has 6 aromatic heterocycles. The lowest BCUT2D eigenvalue weighted by atomic mass is 9.92. The number of hydrogen-bond acceptors (Lipinski definition) is 28. The van der Waals surface area contributed by atoms with Crippen LogP contribution in [0.4, 0.5) is 11.6 Å². The maximum Gasteiger partial charge on any atom is 0.333 e. The van der Waals surface area contributed by atoms with Gasteiger partial charge in [-0.2, -0.15) is 25.3 Å². The summed E-state index contributed by atoms with van der Waals surface area (Å²) < 4.78 is 80.7. The molecule has 106 heavy (non-hydrogen) atoms. The Hall–Kier alpha value is -7.01. The highest BCUT2D eigenvalue weighted by Gasteiger charge is 2.38. The van der Waals surface area contributed by atoms with Crippen LogP contribution < -0.4 is 26.1 Å². The van der Waals surface area contributed by atoms with Crippen molar-refractivity contribution in [1.29, 1.82) is 0 Å². The van der Waals surface area contributed by atoms with Gasteiger partial charge >= 0.3 is 30.9 Å². The first-order valence-electron chi connectivity index (χ1n) is 33.1. The number of aryl methyl sites for hydroxylation is 2. The van der Waals surface area contributed by atoms with Crippen molar-refractivity contribution in [1.82, 2.24) is 29.9 Å². The average Bonchev–Trinajstić information content (AvgIpc) is 1.62. The number of benzene rings is 3. The zero-order valence-corrected chi connectivity index (χ0v) is 64.4. The molecule has 11 atom stereocenters. The van der Waals surface area contributed by atoms with E-state index >= 15 is 0 Å². The van der Waals surface area contributed by atoms with Gasteiger partial charge in [-0.25, -0.2) is 45.3 Å². The molecule has 9 aromatic rings. The molecular weight excluding hydrogens is 1550 g/mol. The molecule has 0 radical (unpaired) electrons. The summed E-state index contributed by atoms with van der Waals surface area (Å²) >= 11 is 18.1. The molecule has 564 valence electrons. The van der Waals surface area contributed by atoms with E-state index in [2.05, 4.69) is 60.0 Å². The number of carbonyl (C=O) groups is 3. The number of nitrogens with zero attached hydrogens (tertiary/aromatic N) is 6. The molecule has 36 heteroatoms. The quantitative estimate of drug-likeness (QED) is 0.0206. The van der Waals surface area contributed by atoms with Crippen LogP contribution in [0.1, 0.15) is 141 Å². The van der Waals surface area contributed by atoms with Gasteiger partial charge in [0.15, 0.2) is 0 Å². The van der Waals surface area contributed by atoms with Crippen molar-refractivity contribution >= 4 is 129 Å². The summed E-state index contributed by atoms with van der Waals surface area (Å²) in [5.41, 5.74) is 5.13. The number of rotatable bonds is 28. The van der Waals surface area contributed by atoms with Crippen molar-refractivity contribution < 1.29 is 72.6 Å². The van der Waals surface area contributed by atoms with Crippen molar-refractivity contribution in [3.63, 3.8) is 0 Å². The average molecular weight is 1620 g/mol. The molecule has 12 N–H and O–H groups in total. The standard InChI is InChI=1S/C25H28ClN3O5S2.C23H25ClN4O6S2.C22H24N4O5S3/c1-14(17-4-3-5-19(26)9-17)20-10-24(35-15(20)2)25(31)21-11-28-13-29-22(21)7-16-6-18(23(30)8-16)12-34-36(27,32)33;24-22-16(19(30)6-13-4-2-1-3-5-13)9-20(35-22)21(31)17-10-26-12-27-23(17)28-15-7-14(18(29)8-15)11-34-36(25,32)33;1-13-19(33-16-5-3-2-4-6-16)9-20(32-13)21(28)17-10-24-12-25-22(17)26-15-7-14(18(27)8-15)11-31-34(23,29)30/h3-5,9-11,13-14,16,18,23,30H,6-8,12H2,1-2H3,(H2,27,32,33);1-5,9-10,12,14-15,18-19,29-30H,6-8,11H2,(H2,25,32,33)(H,26,27,28);2-6,9-10,12,14-15,18,27H,7-8,11H2,1H3,(H2,23,29,30)(H,24,25,26)/t14?,16-,18+,23-;14-,15-,18+,19?;14-,15-,18+/m011/s1. The predicted octanol–water partition coefficient (Wildman–Crippen LogP) is 9.50. The number of anilines is 2. The van der Waals surface area contributed by atoms with Crippen LogP contribution in [0.3, 0.4) is 0 Å². The molecule has 0 saturated heterocycles. The molecule has 3 aliphatic rings. The Balaban J connectivity index is 0.000000170. The van der Waals surface area contributed by atoms with E-state index in [-0.39, 0.29) is 78.4 Å². The summed E-state index contributed by atoms with van der Waals surface area (Å²) in [5, 5.41) is 63.3. The third-order valence-electron chi connectivity index (χ3n) is 18.2. The second-order valence-electron chi connectivity index (χ2n) is 25.8. The second kappa shape index (κ2) is 36.5. The molecule has 3 aliphatic carbocycles. The molecule has 0 amide bonds. The topological polar surface area (TPSA) is 442 Å². The Bertz CT molecular complexity index is 4910. The van der Waals surface area contributed by atoms with Crippen LogP contribution in [0.5, 0.6) is 0 Å². The van der Waals surface area contributed by atoms with Gasteiger partial charge in [-0.3, -0.25) is 26.9 Å². The predicted molar refractivity (Wildman–Crippen MR) is 404 cm³/mol. The summed E-state index contributed by atoms with van der Waals surface area (Å²) in [7, 11) is -12.3. The van der Waals surface area contributed by atoms with E-state index in [0.717, 1.165) is 47.6 Å². The van der Waals surface area contributed by atoms with Crippen LogP contribution in [-0.4, -0.2) is 143 Å². The van der Waals surface area contributed by atoms with Crippen LogP contribution in [0.25, 0.3) is 0 Å². The van der Waals surface area contributed by atoms with Gasteiger partial charge in [0, 0.05) is 90.9 Å². The van der Waals surface area contributed by atoms with Crippen molar-refractivity contribution in [2.45, 2.75) is 124 Å². The fourth-order valence-corrected chi connectivity index (χ4v) is 18.6. The Morgan fingerprint density at radius 2 is 1.05 bits per heavy atom. The van der Waals surface area contributed by atoms with Gasteiger partial charge in [0.1, 0.15) is 30.6 Å². The number of aliphatic hydroxyl groups is 4. The number of hydrogen-bond donors (Lipinski definition) is 9. The molecule has 3 fully saturated rings. The fourth-order valence-electron chi connectivity index (χ4n) is 12.9.